The van der Waals surface area contributed by atoms with Gasteiger partial charge in [0.1, 0.15) is 0 Å². The van der Waals surface area contributed by atoms with Crippen LogP contribution in [-0.4, -0.2) is 36.0 Å². The second-order valence-electron chi connectivity index (χ2n) is 1.78. The molecule has 1 unspecified atom stereocenters. The first-order valence-electron chi connectivity index (χ1n) is 2.77. The van der Waals surface area contributed by atoms with Gasteiger partial charge in [-0.2, -0.15) is 0 Å². The minimum Gasteiger partial charge on any atom is -0.395 e. The molecule has 0 aromatic rings. The normalized spacial score (nSPS) is 13.9. The molecule has 0 aromatic carbocycles. The van der Waals surface area contributed by atoms with Gasteiger partial charge in [-0.25, -0.2) is 0 Å². The van der Waals surface area contributed by atoms with Crippen LogP contribution in [0.5, 0.6) is 0 Å². The van der Waals surface area contributed by atoms with Gasteiger partial charge in [0.2, 0.25) is 0 Å². The highest BCUT2D eigenvalue weighted by Crippen LogP contribution is 1.71. The first kappa shape index (κ1) is 7.88. The average Bonchev–Trinajstić information content (AvgIpc) is 1.66. The first-order valence-corrected chi connectivity index (χ1v) is 2.77. The highest BCUT2D eigenvalue weighted by atomic mass is 16.3. The molecule has 0 bridgehead atoms. The van der Waals surface area contributed by atoms with Gasteiger partial charge in [-0.05, 0) is 6.92 Å². The van der Waals surface area contributed by atoms with E-state index in [1.807, 2.05) is 0 Å². The predicted molar refractivity (Wildman–Crippen MR) is 31.6 cm³/mol. The van der Waals surface area contributed by atoms with Crippen LogP contribution in [0.15, 0.2) is 0 Å². The zero-order valence-electron chi connectivity index (χ0n) is 5.09. The lowest BCUT2D eigenvalue weighted by Gasteiger charge is -2.02. The number of hydrogen-bond donors (Lipinski definition) is 3. The van der Waals surface area contributed by atoms with E-state index in [2.05, 4.69) is 5.32 Å². The van der Waals surface area contributed by atoms with Crippen molar-refractivity contribution < 1.29 is 10.2 Å². The van der Waals surface area contributed by atoms with E-state index in [4.69, 9.17) is 10.2 Å². The number of rotatable bonds is 4. The molecule has 50 valence electrons. The molecule has 0 heterocycles. The lowest BCUT2D eigenvalue weighted by molar-refractivity contribution is 0.186. The Balaban J connectivity index is 2.72. The number of nitrogens with one attached hydrogen (secondary N) is 1. The van der Waals surface area contributed by atoms with Crippen molar-refractivity contribution in [3.8, 4) is 0 Å². The van der Waals surface area contributed by atoms with Gasteiger partial charge in [-0.15, -0.1) is 0 Å². The van der Waals surface area contributed by atoms with Gasteiger partial charge in [0.15, 0.2) is 0 Å². The fourth-order valence-electron chi connectivity index (χ4n) is 0.390. The molecule has 0 aromatic heterocycles. The van der Waals surface area contributed by atoms with E-state index in [-0.39, 0.29) is 12.7 Å². The number of aliphatic hydroxyl groups excluding tert-OH is 2. The second-order valence-corrected chi connectivity index (χ2v) is 1.78. The van der Waals surface area contributed by atoms with E-state index in [9.17, 15) is 0 Å². The van der Waals surface area contributed by atoms with Crippen molar-refractivity contribution in [2.45, 2.75) is 13.0 Å². The van der Waals surface area contributed by atoms with Crippen LogP contribution in [-0.2, 0) is 0 Å². The van der Waals surface area contributed by atoms with Crippen LogP contribution >= 0.6 is 0 Å². The lowest BCUT2D eigenvalue weighted by Crippen LogP contribution is -2.26. The van der Waals surface area contributed by atoms with Crippen molar-refractivity contribution >= 4 is 0 Å². The third-order valence-electron chi connectivity index (χ3n) is 0.728. The Morgan fingerprint density at radius 3 is 2.62 bits per heavy atom. The molecule has 1 atom stereocenters. The summed E-state index contributed by atoms with van der Waals surface area (Å²) >= 11 is 0. The molecule has 3 N–H and O–H groups in total. The smallest absolute Gasteiger partial charge is 0.0636 e. The van der Waals surface area contributed by atoms with Gasteiger partial charge >= 0.3 is 0 Å². The molecule has 0 aliphatic rings. The van der Waals surface area contributed by atoms with Gasteiger partial charge in [-0.3, -0.25) is 0 Å². The molecule has 0 aliphatic carbocycles. The summed E-state index contributed by atoms with van der Waals surface area (Å²) in [5, 5.41) is 19.7. The zero-order valence-corrected chi connectivity index (χ0v) is 5.09. The van der Waals surface area contributed by atoms with Crippen LogP contribution in [0.4, 0.5) is 0 Å². The Morgan fingerprint density at radius 2 is 2.25 bits per heavy atom. The number of hydrogen-bond acceptors (Lipinski definition) is 3. The highest BCUT2D eigenvalue weighted by Gasteiger charge is 1.90. The van der Waals surface area contributed by atoms with Crippen molar-refractivity contribution in [3.63, 3.8) is 0 Å². The molecule has 0 amide bonds. The predicted octanol–water partition coefficient (Wildman–Crippen LogP) is -1.05. The molecule has 3 heteroatoms. The molecular formula is C5H13NO2. The Kier molecular flexibility index (Phi) is 4.95. The van der Waals surface area contributed by atoms with E-state index in [0.29, 0.717) is 13.1 Å². The molecule has 3 nitrogen and oxygen atoms in total. The maximum Gasteiger partial charge on any atom is 0.0636 e. The van der Waals surface area contributed by atoms with Gasteiger partial charge in [-0.1, -0.05) is 0 Å². The fourth-order valence-corrected chi connectivity index (χ4v) is 0.390. The number of aliphatic hydroxyl groups is 2. The first-order chi connectivity index (χ1) is 3.77. The summed E-state index contributed by atoms with van der Waals surface area (Å²) in [7, 11) is 0. The van der Waals surface area contributed by atoms with Gasteiger partial charge in [0.05, 0.1) is 12.7 Å². The second kappa shape index (κ2) is 5.03. The monoisotopic (exact) mass is 119 g/mol. The molecule has 0 radical (unpaired) electrons. The SMILES string of the molecule is CC(O)CNCCO. The third-order valence-corrected chi connectivity index (χ3v) is 0.728. The summed E-state index contributed by atoms with van der Waals surface area (Å²) < 4.78 is 0. The third kappa shape index (κ3) is 5.88. The van der Waals surface area contributed by atoms with Crippen LogP contribution < -0.4 is 5.32 Å². The summed E-state index contributed by atoms with van der Waals surface area (Å²) in [6.45, 7) is 2.95. The van der Waals surface area contributed by atoms with Crippen LogP contribution in [0, 0.1) is 0 Å². The topological polar surface area (TPSA) is 52.5 Å². The van der Waals surface area contributed by atoms with Gasteiger partial charge in [0.25, 0.3) is 0 Å². The van der Waals surface area contributed by atoms with E-state index in [0.717, 1.165) is 0 Å². The Labute approximate surface area is 49.3 Å². The molecule has 8 heavy (non-hydrogen) atoms. The molecule has 0 fully saturated rings. The summed E-state index contributed by atoms with van der Waals surface area (Å²) in [5.41, 5.74) is 0. The summed E-state index contributed by atoms with van der Waals surface area (Å²) in [6.07, 6.45) is -0.318. The fraction of sp³-hybridized carbons (Fsp3) is 1.00. The average molecular weight is 119 g/mol. The molecular weight excluding hydrogens is 106 g/mol. The zero-order chi connectivity index (χ0) is 6.41. The van der Waals surface area contributed by atoms with Crippen molar-refractivity contribution in [2.24, 2.45) is 0 Å². The largest absolute Gasteiger partial charge is 0.395 e. The molecule has 0 rings (SSSR count). The Hall–Kier alpha value is -0.120. The van der Waals surface area contributed by atoms with Crippen molar-refractivity contribution in [1.29, 1.82) is 0 Å². The highest BCUT2D eigenvalue weighted by molar-refractivity contribution is 4.50. The van der Waals surface area contributed by atoms with Crippen molar-refractivity contribution in [2.75, 3.05) is 19.7 Å². The van der Waals surface area contributed by atoms with E-state index >= 15 is 0 Å². The Bertz CT molecular complexity index is 47.7. The maximum absolute atomic E-state index is 8.63. The minimum atomic E-state index is -0.318. The van der Waals surface area contributed by atoms with Crippen LogP contribution in [0.25, 0.3) is 0 Å². The quantitative estimate of drug-likeness (QED) is 0.414. The van der Waals surface area contributed by atoms with E-state index < -0.39 is 0 Å². The van der Waals surface area contributed by atoms with E-state index in [1.165, 1.54) is 0 Å². The Morgan fingerprint density at radius 1 is 1.62 bits per heavy atom. The molecule has 0 saturated carbocycles. The van der Waals surface area contributed by atoms with Crippen LogP contribution in [0.1, 0.15) is 6.92 Å². The van der Waals surface area contributed by atoms with Crippen molar-refractivity contribution in [1.82, 2.24) is 5.32 Å². The minimum absolute atomic E-state index is 0.132. The summed E-state index contributed by atoms with van der Waals surface area (Å²) in [4.78, 5) is 0. The van der Waals surface area contributed by atoms with Gasteiger partial charge < -0.3 is 15.5 Å². The summed E-state index contributed by atoms with van der Waals surface area (Å²) in [6, 6.07) is 0. The van der Waals surface area contributed by atoms with Crippen LogP contribution in [0.3, 0.4) is 0 Å². The van der Waals surface area contributed by atoms with Crippen LogP contribution in [0.2, 0.25) is 0 Å². The van der Waals surface area contributed by atoms with E-state index in [1.54, 1.807) is 6.92 Å². The lowest BCUT2D eigenvalue weighted by atomic mass is 10.4. The molecule has 0 saturated heterocycles. The summed E-state index contributed by atoms with van der Waals surface area (Å²) in [5.74, 6) is 0. The maximum atomic E-state index is 8.63. The van der Waals surface area contributed by atoms with Gasteiger partial charge in [0, 0.05) is 13.1 Å². The molecule has 0 spiro atoms. The molecule has 0 aliphatic heterocycles. The van der Waals surface area contributed by atoms with Crippen molar-refractivity contribution in [3.05, 3.63) is 0 Å². The standard InChI is InChI=1S/C5H13NO2/c1-5(8)4-6-2-3-7/h5-8H,2-4H2,1H3.